The molecule has 88 valence electrons. The van der Waals surface area contributed by atoms with E-state index in [0.717, 1.165) is 12.1 Å². The lowest BCUT2D eigenvalue weighted by atomic mass is 10.2. The molecular formula is C11H14F2N2O. The SMILES string of the molecule is CCC(CC(=N)N)Oc1ccc(F)c(F)c1. The molecule has 1 unspecified atom stereocenters. The van der Waals surface area contributed by atoms with Crippen molar-refractivity contribution in [3.8, 4) is 5.75 Å². The van der Waals surface area contributed by atoms with Gasteiger partial charge in [-0.25, -0.2) is 8.78 Å². The quantitative estimate of drug-likeness (QED) is 0.600. The first-order valence-corrected chi connectivity index (χ1v) is 4.97. The highest BCUT2D eigenvalue weighted by molar-refractivity contribution is 5.77. The van der Waals surface area contributed by atoms with E-state index in [1.807, 2.05) is 6.92 Å². The fraction of sp³-hybridized carbons (Fsp3) is 0.364. The predicted molar refractivity (Wildman–Crippen MR) is 57.6 cm³/mol. The molecule has 0 spiro atoms. The lowest BCUT2D eigenvalue weighted by Crippen LogP contribution is -2.24. The molecule has 1 aromatic rings. The van der Waals surface area contributed by atoms with Crippen LogP contribution >= 0.6 is 0 Å². The monoisotopic (exact) mass is 228 g/mol. The molecule has 0 aromatic heterocycles. The molecule has 0 aliphatic rings. The fourth-order valence-corrected chi connectivity index (χ4v) is 1.26. The van der Waals surface area contributed by atoms with Crippen molar-refractivity contribution in [2.75, 3.05) is 0 Å². The molecule has 1 atom stereocenters. The largest absolute Gasteiger partial charge is 0.490 e. The van der Waals surface area contributed by atoms with Gasteiger partial charge < -0.3 is 10.5 Å². The fourth-order valence-electron chi connectivity index (χ4n) is 1.26. The summed E-state index contributed by atoms with van der Waals surface area (Å²) < 4.78 is 30.9. The Balaban J connectivity index is 2.70. The summed E-state index contributed by atoms with van der Waals surface area (Å²) >= 11 is 0. The van der Waals surface area contributed by atoms with E-state index in [2.05, 4.69) is 0 Å². The number of ether oxygens (including phenoxy) is 1. The number of halogens is 2. The van der Waals surface area contributed by atoms with Gasteiger partial charge in [0.2, 0.25) is 0 Å². The number of benzene rings is 1. The molecular weight excluding hydrogens is 214 g/mol. The number of nitrogens with two attached hydrogens (primary N) is 1. The second-order valence-corrected chi connectivity index (χ2v) is 3.45. The number of rotatable bonds is 5. The molecule has 0 radical (unpaired) electrons. The summed E-state index contributed by atoms with van der Waals surface area (Å²) in [6.45, 7) is 1.87. The second kappa shape index (κ2) is 5.44. The third-order valence-corrected chi connectivity index (χ3v) is 2.10. The highest BCUT2D eigenvalue weighted by atomic mass is 19.2. The first kappa shape index (κ1) is 12.4. The molecule has 0 heterocycles. The number of hydrogen-bond donors (Lipinski definition) is 2. The molecule has 3 N–H and O–H groups in total. The summed E-state index contributed by atoms with van der Waals surface area (Å²) in [6.07, 6.45) is 0.621. The van der Waals surface area contributed by atoms with Crippen LogP contribution in [0.1, 0.15) is 19.8 Å². The van der Waals surface area contributed by atoms with E-state index in [1.54, 1.807) is 0 Å². The predicted octanol–water partition coefficient (Wildman–Crippen LogP) is 2.45. The van der Waals surface area contributed by atoms with E-state index in [9.17, 15) is 8.78 Å². The lowest BCUT2D eigenvalue weighted by Gasteiger charge is -2.16. The van der Waals surface area contributed by atoms with Crippen LogP contribution in [0.3, 0.4) is 0 Å². The van der Waals surface area contributed by atoms with E-state index in [4.69, 9.17) is 15.9 Å². The van der Waals surface area contributed by atoms with E-state index >= 15 is 0 Å². The minimum absolute atomic E-state index is 0.00873. The topological polar surface area (TPSA) is 59.1 Å². The number of nitrogens with one attached hydrogen (secondary N) is 1. The average molecular weight is 228 g/mol. The van der Waals surface area contributed by atoms with Gasteiger partial charge in [0, 0.05) is 12.5 Å². The second-order valence-electron chi connectivity index (χ2n) is 3.45. The zero-order valence-corrected chi connectivity index (χ0v) is 8.97. The van der Waals surface area contributed by atoms with Gasteiger partial charge in [-0.2, -0.15) is 0 Å². The van der Waals surface area contributed by atoms with Gasteiger partial charge in [-0.1, -0.05) is 6.92 Å². The van der Waals surface area contributed by atoms with Crippen LogP contribution in [0.15, 0.2) is 18.2 Å². The zero-order chi connectivity index (χ0) is 12.1. The maximum Gasteiger partial charge on any atom is 0.162 e. The molecule has 0 fully saturated rings. The summed E-state index contributed by atoms with van der Waals surface area (Å²) in [7, 11) is 0. The van der Waals surface area contributed by atoms with Crippen LogP contribution in [-0.4, -0.2) is 11.9 Å². The smallest absolute Gasteiger partial charge is 0.162 e. The van der Waals surface area contributed by atoms with E-state index in [0.29, 0.717) is 6.42 Å². The molecule has 1 aromatic carbocycles. The molecule has 5 heteroatoms. The van der Waals surface area contributed by atoms with Gasteiger partial charge in [0.25, 0.3) is 0 Å². The Morgan fingerprint density at radius 2 is 2.12 bits per heavy atom. The summed E-state index contributed by atoms with van der Waals surface area (Å²) in [5.74, 6) is -1.61. The van der Waals surface area contributed by atoms with Crippen molar-refractivity contribution in [1.29, 1.82) is 5.41 Å². The van der Waals surface area contributed by atoms with Crippen molar-refractivity contribution in [3.63, 3.8) is 0 Å². The summed E-state index contributed by atoms with van der Waals surface area (Å²) in [6, 6.07) is 3.34. The van der Waals surface area contributed by atoms with Crippen molar-refractivity contribution in [1.82, 2.24) is 0 Å². The maximum absolute atomic E-state index is 12.9. The minimum Gasteiger partial charge on any atom is -0.490 e. The van der Waals surface area contributed by atoms with Crippen LogP contribution < -0.4 is 10.5 Å². The van der Waals surface area contributed by atoms with Crippen molar-refractivity contribution < 1.29 is 13.5 Å². The first-order valence-electron chi connectivity index (χ1n) is 4.97. The highest BCUT2D eigenvalue weighted by Crippen LogP contribution is 2.18. The Morgan fingerprint density at radius 3 is 2.62 bits per heavy atom. The maximum atomic E-state index is 12.9. The van der Waals surface area contributed by atoms with Gasteiger partial charge in [-0.05, 0) is 18.6 Å². The van der Waals surface area contributed by atoms with E-state index in [1.165, 1.54) is 6.07 Å². The van der Waals surface area contributed by atoms with Crippen molar-refractivity contribution in [2.45, 2.75) is 25.9 Å². The van der Waals surface area contributed by atoms with Gasteiger partial charge in [-0.3, -0.25) is 5.41 Å². The Kier molecular flexibility index (Phi) is 4.22. The van der Waals surface area contributed by atoms with Crippen LogP contribution in [0.4, 0.5) is 8.78 Å². The zero-order valence-electron chi connectivity index (χ0n) is 8.97. The van der Waals surface area contributed by atoms with Gasteiger partial charge in [0.15, 0.2) is 11.6 Å². The molecule has 3 nitrogen and oxygen atoms in total. The van der Waals surface area contributed by atoms with Crippen LogP contribution in [0, 0.1) is 17.0 Å². The van der Waals surface area contributed by atoms with E-state index < -0.39 is 11.6 Å². The average Bonchev–Trinajstić information content (AvgIpc) is 2.22. The van der Waals surface area contributed by atoms with Crippen LogP contribution in [0.2, 0.25) is 0 Å². The van der Waals surface area contributed by atoms with Crippen molar-refractivity contribution in [3.05, 3.63) is 29.8 Å². The minimum atomic E-state index is -0.949. The highest BCUT2D eigenvalue weighted by Gasteiger charge is 2.11. The lowest BCUT2D eigenvalue weighted by molar-refractivity contribution is 0.203. The summed E-state index contributed by atoms with van der Waals surface area (Å²) in [5, 5.41) is 7.13. The molecule has 0 bridgehead atoms. The molecule has 0 saturated heterocycles. The number of hydrogen-bond acceptors (Lipinski definition) is 2. The molecule has 1 rings (SSSR count). The molecule has 0 saturated carbocycles. The van der Waals surface area contributed by atoms with E-state index in [-0.39, 0.29) is 24.1 Å². The number of amidine groups is 1. The van der Waals surface area contributed by atoms with Crippen LogP contribution in [0.5, 0.6) is 5.75 Å². The summed E-state index contributed by atoms with van der Waals surface area (Å²) in [4.78, 5) is 0. The Bertz CT molecular complexity index is 382. The first-order chi connectivity index (χ1) is 7.52. The Morgan fingerprint density at radius 1 is 1.44 bits per heavy atom. The standard InChI is InChI=1S/C11H14F2N2O/c1-2-7(6-11(14)15)16-8-3-4-9(12)10(13)5-8/h3-5,7H,2,6H2,1H3,(H3,14,15). The van der Waals surface area contributed by atoms with Gasteiger partial charge in [0.1, 0.15) is 11.9 Å². The van der Waals surface area contributed by atoms with Crippen molar-refractivity contribution in [2.24, 2.45) is 5.73 Å². The van der Waals surface area contributed by atoms with Gasteiger partial charge in [0.05, 0.1) is 5.84 Å². The molecule has 16 heavy (non-hydrogen) atoms. The third kappa shape index (κ3) is 3.49. The Labute approximate surface area is 92.7 Å². The summed E-state index contributed by atoms with van der Waals surface area (Å²) in [5.41, 5.74) is 5.25. The molecule has 0 aliphatic carbocycles. The van der Waals surface area contributed by atoms with Gasteiger partial charge in [-0.15, -0.1) is 0 Å². The van der Waals surface area contributed by atoms with Crippen LogP contribution in [0.25, 0.3) is 0 Å². The molecule has 0 aliphatic heterocycles. The third-order valence-electron chi connectivity index (χ3n) is 2.10. The van der Waals surface area contributed by atoms with Crippen molar-refractivity contribution >= 4 is 5.84 Å². The Hall–Kier alpha value is -1.65. The molecule has 0 amide bonds. The van der Waals surface area contributed by atoms with Crippen LogP contribution in [-0.2, 0) is 0 Å². The van der Waals surface area contributed by atoms with Gasteiger partial charge >= 0.3 is 0 Å². The normalized spacial score (nSPS) is 12.2.